The van der Waals surface area contributed by atoms with Crippen molar-refractivity contribution in [2.45, 2.75) is 5.41 Å². The van der Waals surface area contributed by atoms with Crippen molar-refractivity contribution in [1.29, 1.82) is 0 Å². The van der Waals surface area contributed by atoms with Gasteiger partial charge in [0.05, 0.1) is 22.1 Å². The summed E-state index contributed by atoms with van der Waals surface area (Å²) in [6, 6.07) is 56.2. The number of para-hydroxylation sites is 2. The average Bonchev–Trinajstić information content (AvgIpc) is 3.60. The first kappa shape index (κ1) is 24.8. The first-order valence-electron chi connectivity index (χ1n) is 15.0. The summed E-state index contributed by atoms with van der Waals surface area (Å²) in [5, 5.41) is 2.51. The number of rotatable bonds is 4. The van der Waals surface area contributed by atoms with Crippen LogP contribution in [-0.2, 0) is 5.41 Å². The molecule has 1 aliphatic rings. The Balaban J connectivity index is 1.35. The highest BCUT2D eigenvalue weighted by molar-refractivity contribution is 6.09. The minimum atomic E-state index is -0.586. The molecule has 0 N–H and O–H groups in total. The van der Waals surface area contributed by atoms with Crippen LogP contribution in [0.4, 0.5) is 0 Å². The zero-order chi connectivity index (χ0) is 29.1. The van der Waals surface area contributed by atoms with Gasteiger partial charge >= 0.3 is 0 Å². The van der Waals surface area contributed by atoms with Gasteiger partial charge in [-0.05, 0) is 41.0 Å². The Morgan fingerprint density at radius 1 is 0.500 bits per heavy atom. The van der Waals surface area contributed by atoms with Crippen LogP contribution in [0.15, 0.2) is 164 Å². The van der Waals surface area contributed by atoms with E-state index in [1.165, 1.54) is 38.5 Å². The molecular formula is C41H27N3. The molecule has 0 amide bonds. The number of benzene rings is 6. The molecule has 1 aliphatic carbocycles. The van der Waals surface area contributed by atoms with Crippen LogP contribution in [0.2, 0.25) is 0 Å². The van der Waals surface area contributed by atoms with Gasteiger partial charge in [0, 0.05) is 39.3 Å². The first-order chi connectivity index (χ1) is 21.8. The van der Waals surface area contributed by atoms with Crippen molar-refractivity contribution >= 4 is 21.8 Å². The lowest BCUT2D eigenvalue weighted by Crippen LogP contribution is -2.29. The summed E-state index contributed by atoms with van der Waals surface area (Å²) in [7, 11) is 0. The highest BCUT2D eigenvalue weighted by Gasteiger charge is 2.47. The van der Waals surface area contributed by atoms with Crippen molar-refractivity contribution in [3.8, 4) is 28.3 Å². The van der Waals surface area contributed by atoms with E-state index in [1.807, 2.05) is 18.2 Å². The van der Waals surface area contributed by atoms with E-state index in [2.05, 4.69) is 150 Å². The molecule has 2 aromatic heterocycles. The van der Waals surface area contributed by atoms with Crippen molar-refractivity contribution in [1.82, 2.24) is 14.5 Å². The molecule has 1 atom stereocenters. The van der Waals surface area contributed by atoms with Gasteiger partial charge in [-0.25, -0.2) is 9.97 Å². The van der Waals surface area contributed by atoms with Crippen LogP contribution in [-0.4, -0.2) is 14.5 Å². The molecule has 3 nitrogen and oxygen atoms in total. The molecule has 8 aromatic rings. The van der Waals surface area contributed by atoms with Gasteiger partial charge in [0.15, 0.2) is 5.82 Å². The maximum absolute atomic E-state index is 5.25. The molecule has 9 rings (SSSR count). The molecular weight excluding hydrogens is 534 g/mol. The number of hydrogen-bond acceptors (Lipinski definition) is 2. The Hall–Kier alpha value is -5.80. The van der Waals surface area contributed by atoms with Gasteiger partial charge in [-0.15, -0.1) is 0 Å². The SMILES string of the molecule is c1ccc(-c2ncc3c(n2)-c2ccccc2C3(c2ccccc2)c2cccc(-n3c4ccccc4c4ccccc43)c2)cc1. The maximum Gasteiger partial charge on any atom is 0.159 e. The molecule has 0 radical (unpaired) electrons. The monoisotopic (exact) mass is 561 g/mol. The second-order valence-electron chi connectivity index (χ2n) is 11.4. The Kier molecular flexibility index (Phi) is 5.41. The molecule has 2 heterocycles. The maximum atomic E-state index is 5.25. The lowest BCUT2D eigenvalue weighted by molar-refractivity contribution is 0.760. The third-order valence-electron chi connectivity index (χ3n) is 9.14. The van der Waals surface area contributed by atoms with Crippen LogP contribution in [0.1, 0.15) is 22.3 Å². The minimum absolute atomic E-state index is 0.586. The molecule has 0 saturated heterocycles. The van der Waals surface area contributed by atoms with Gasteiger partial charge in [-0.1, -0.05) is 133 Å². The molecule has 0 saturated carbocycles. The molecule has 0 bridgehead atoms. The third-order valence-corrected chi connectivity index (χ3v) is 9.14. The second kappa shape index (κ2) is 9.62. The molecule has 3 heteroatoms. The van der Waals surface area contributed by atoms with E-state index in [0.29, 0.717) is 0 Å². The van der Waals surface area contributed by atoms with Gasteiger partial charge in [-0.3, -0.25) is 0 Å². The fourth-order valence-corrected chi connectivity index (χ4v) is 7.31. The predicted molar refractivity (Wildman–Crippen MR) is 179 cm³/mol. The van der Waals surface area contributed by atoms with Crippen molar-refractivity contribution in [3.63, 3.8) is 0 Å². The van der Waals surface area contributed by atoms with E-state index in [1.54, 1.807) is 0 Å². The molecule has 0 spiro atoms. The fourth-order valence-electron chi connectivity index (χ4n) is 7.31. The van der Waals surface area contributed by atoms with E-state index in [9.17, 15) is 0 Å². The van der Waals surface area contributed by atoms with E-state index < -0.39 is 5.41 Å². The summed E-state index contributed by atoms with van der Waals surface area (Å²) in [5.74, 6) is 0.738. The number of aromatic nitrogens is 3. The molecule has 44 heavy (non-hydrogen) atoms. The van der Waals surface area contributed by atoms with E-state index in [0.717, 1.165) is 33.9 Å². The van der Waals surface area contributed by atoms with Gasteiger partial charge in [0.2, 0.25) is 0 Å². The topological polar surface area (TPSA) is 30.7 Å². The fraction of sp³-hybridized carbons (Fsp3) is 0.0244. The minimum Gasteiger partial charge on any atom is -0.309 e. The summed E-state index contributed by atoms with van der Waals surface area (Å²) in [6.45, 7) is 0. The molecule has 206 valence electrons. The summed E-state index contributed by atoms with van der Waals surface area (Å²) >= 11 is 0. The lowest BCUT2D eigenvalue weighted by Gasteiger charge is -2.33. The average molecular weight is 562 g/mol. The van der Waals surface area contributed by atoms with E-state index >= 15 is 0 Å². The molecule has 1 unspecified atom stereocenters. The Bertz CT molecular complexity index is 2280. The van der Waals surface area contributed by atoms with Crippen molar-refractivity contribution in [2.24, 2.45) is 0 Å². The van der Waals surface area contributed by atoms with E-state index in [4.69, 9.17) is 9.97 Å². The van der Waals surface area contributed by atoms with Gasteiger partial charge in [0.1, 0.15) is 0 Å². The summed E-state index contributed by atoms with van der Waals surface area (Å²) in [5.41, 5.74) is 10.8. The Morgan fingerprint density at radius 3 is 1.86 bits per heavy atom. The largest absolute Gasteiger partial charge is 0.309 e. The van der Waals surface area contributed by atoms with Crippen LogP contribution in [0.5, 0.6) is 0 Å². The zero-order valence-electron chi connectivity index (χ0n) is 23.9. The van der Waals surface area contributed by atoms with Crippen LogP contribution in [0.25, 0.3) is 50.1 Å². The zero-order valence-corrected chi connectivity index (χ0v) is 23.9. The van der Waals surface area contributed by atoms with Crippen molar-refractivity contribution < 1.29 is 0 Å². The predicted octanol–water partition coefficient (Wildman–Crippen LogP) is 9.60. The number of hydrogen-bond donors (Lipinski definition) is 0. The molecule has 0 aliphatic heterocycles. The van der Waals surface area contributed by atoms with Crippen LogP contribution in [0.3, 0.4) is 0 Å². The summed E-state index contributed by atoms with van der Waals surface area (Å²) in [4.78, 5) is 10.2. The Morgan fingerprint density at radius 2 is 1.11 bits per heavy atom. The Labute approximate surface area is 255 Å². The highest BCUT2D eigenvalue weighted by Crippen LogP contribution is 2.55. The van der Waals surface area contributed by atoms with Crippen molar-refractivity contribution in [2.75, 3.05) is 0 Å². The lowest BCUT2D eigenvalue weighted by atomic mass is 9.68. The number of fused-ring (bicyclic) bond motifs is 6. The summed E-state index contributed by atoms with van der Waals surface area (Å²) in [6.07, 6.45) is 2.06. The highest BCUT2D eigenvalue weighted by atomic mass is 15.0. The van der Waals surface area contributed by atoms with E-state index in [-0.39, 0.29) is 0 Å². The number of nitrogens with zero attached hydrogens (tertiary/aromatic N) is 3. The van der Waals surface area contributed by atoms with Crippen LogP contribution >= 0.6 is 0 Å². The molecule has 6 aromatic carbocycles. The quantitative estimate of drug-likeness (QED) is 0.214. The second-order valence-corrected chi connectivity index (χ2v) is 11.4. The van der Waals surface area contributed by atoms with Gasteiger partial charge in [-0.2, -0.15) is 0 Å². The van der Waals surface area contributed by atoms with Crippen LogP contribution < -0.4 is 0 Å². The van der Waals surface area contributed by atoms with Gasteiger partial charge < -0.3 is 4.57 Å². The first-order valence-corrected chi connectivity index (χ1v) is 15.0. The van der Waals surface area contributed by atoms with Gasteiger partial charge in [0.25, 0.3) is 0 Å². The van der Waals surface area contributed by atoms with Crippen molar-refractivity contribution in [3.05, 3.63) is 186 Å². The summed E-state index contributed by atoms with van der Waals surface area (Å²) < 4.78 is 2.39. The molecule has 0 fully saturated rings. The normalized spacial score (nSPS) is 15.4. The van der Waals surface area contributed by atoms with Crippen LogP contribution in [0, 0.1) is 0 Å². The standard InChI is InChI=1S/C41H27N3/c1-3-14-28(15-4-1)40-42-27-36-39(43-40)34-22-7-10-23-35(34)41(36,29-16-5-2-6-17-29)30-18-13-19-31(26-30)44-37-24-11-8-20-32(37)33-21-9-12-25-38(33)44/h1-27H. The smallest absolute Gasteiger partial charge is 0.159 e. The third kappa shape index (κ3) is 3.44.